The number of hydrogen-bond acceptors (Lipinski definition) is 4. The first kappa shape index (κ1) is 10.7. The summed E-state index contributed by atoms with van der Waals surface area (Å²) in [4.78, 5) is 5.64. The number of thiazole rings is 1. The average Bonchev–Trinajstić information content (AvgIpc) is 2.87. The average molecular weight is 246 g/mol. The largest absolute Gasteiger partial charge is 0.493 e. The van der Waals surface area contributed by atoms with E-state index >= 15 is 0 Å². The van der Waals surface area contributed by atoms with Crippen LogP contribution < -0.4 is 10.5 Å². The number of rotatable bonds is 2. The quantitative estimate of drug-likeness (QED) is 0.885. The van der Waals surface area contributed by atoms with E-state index in [1.807, 2.05) is 18.3 Å². The van der Waals surface area contributed by atoms with Crippen molar-refractivity contribution in [3.05, 3.63) is 45.9 Å². The molecule has 3 nitrogen and oxygen atoms in total. The van der Waals surface area contributed by atoms with Crippen LogP contribution in [0.1, 0.15) is 27.8 Å². The van der Waals surface area contributed by atoms with Gasteiger partial charge < -0.3 is 10.5 Å². The third-order valence-electron chi connectivity index (χ3n) is 3.03. The number of benzene rings is 1. The zero-order valence-electron chi connectivity index (χ0n) is 9.43. The van der Waals surface area contributed by atoms with Gasteiger partial charge in [0.15, 0.2) is 0 Å². The van der Waals surface area contributed by atoms with E-state index in [2.05, 4.69) is 17.1 Å². The van der Waals surface area contributed by atoms with Gasteiger partial charge in [0, 0.05) is 29.1 Å². The molecular weight excluding hydrogens is 232 g/mol. The number of hydrogen-bond donors (Lipinski definition) is 1. The fourth-order valence-electron chi connectivity index (χ4n) is 2.18. The van der Waals surface area contributed by atoms with Crippen LogP contribution in [0.3, 0.4) is 0 Å². The Hall–Kier alpha value is -1.39. The number of nitrogens with two attached hydrogens (primary N) is 1. The van der Waals surface area contributed by atoms with Crippen molar-refractivity contribution >= 4 is 11.3 Å². The molecule has 1 unspecified atom stereocenters. The number of fused-ring (bicyclic) bond motifs is 1. The molecule has 88 valence electrons. The van der Waals surface area contributed by atoms with Gasteiger partial charge in [0.2, 0.25) is 0 Å². The number of nitrogens with zero attached hydrogens (tertiary/aromatic N) is 1. The second-order valence-electron chi connectivity index (χ2n) is 4.10. The lowest BCUT2D eigenvalue weighted by Crippen LogP contribution is -2.14. The molecule has 0 saturated carbocycles. The Morgan fingerprint density at radius 2 is 2.29 bits per heavy atom. The number of para-hydroxylation sites is 1. The lowest BCUT2D eigenvalue weighted by molar-refractivity contribution is 0.277. The van der Waals surface area contributed by atoms with Gasteiger partial charge in [-0.25, -0.2) is 4.98 Å². The molecule has 0 spiro atoms. The fraction of sp³-hybridized carbons (Fsp3) is 0.308. The van der Waals surface area contributed by atoms with Gasteiger partial charge in [-0.05, 0) is 12.5 Å². The molecule has 2 aromatic rings. The standard InChI is InChI=1S/C13H14N2OS/c14-7-9-8-15-13(17-9)11-5-6-16-12-4-2-1-3-10(11)12/h1-4,8,11H,5-7,14H2. The highest BCUT2D eigenvalue weighted by atomic mass is 32.1. The fourth-order valence-corrected chi connectivity index (χ4v) is 3.13. The predicted molar refractivity (Wildman–Crippen MR) is 68.4 cm³/mol. The maximum atomic E-state index is 5.66. The molecular formula is C13H14N2OS. The normalized spacial score (nSPS) is 18.5. The second kappa shape index (κ2) is 4.47. The third-order valence-corrected chi connectivity index (χ3v) is 4.16. The summed E-state index contributed by atoms with van der Waals surface area (Å²) in [6, 6.07) is 8.22. The van der Waals surface area contributed by atoms with Crippen LogP contribution in [-0.2, 0) is 6.54 Å². The maximum Gasteiger partial charge on any atom is 0.123 e. The smallest absolute Gasteiger partial charge is 0.123 e. The highest BCUT2D eigenvalue weighted by molar-refractivity contribution is 7.11. The van der Waals surface area contributed by atoms with Crippen molar-refractivity contribution in [2.75, 3.05) is 6.61 Å². The molecule has 2 heterocycles. The number of ether oxygens (including phenoxy) is 1. The highest BCUT2D eigenvalue weighted by Crippen LogP contribution is 2.39. The summed E-state index contributed by atoms with van der Waals surface area (Å²) in [7, 11) is 0. The Morgan fingerprint density at radius 1 is 1.41 bits per heavy atom. The molecule has 0 radical (unpaired) electrons. The van der Waals surface area contributed by atoms with Crippen LogP contribution in [0.5, 0.6) is 5.75 Å². The van der Waals surface area contributed by atoms with Crippen LogP contribution in [0.25, 0.3) is 0 Å². The zero-order chi connectivity index (χ0) is 11.7. The van der Waals surface area contributed by atoms with Gasteiger partial charge >= 0.3 is 0 Å². The molecule has 4 heteroatoms. The lowest BCUT2D eigenvalue weighted by Gasteiger charge is -2.24. The van der Waals surface area contributed by atoms with Gasteiger partial charge in [0.05, 0.1) is 6.61 Å². The first-order valence-corrected chi connectivity index (χ1v) is 6.56. The van der Waals surface area contributed by atoms with E-state index in [9.17, 15) is 0 Å². The lowest BCUT2D eigenvalue weighted by atomic mass is 9.94. The van der Waals surface area contributed by atoms with Crippen LogP contribution in [-0.4, -0.2) is 11.6 Å². The molecule has 1 aliphatic heterocycles. The summed E-state index contributed by atoms with van der Waals surface area (Å²) in [5.41, 5.74) is 6.88. The van der Waals surface area contributed by atoms with Crippen molar-refractivity contribution < 1.29 is 4.74 Å². The van der Waals surface area contributed by atoms with Crippen LogP contribution >= 0.6 is 11.3 Å². The maximum absolute atomic E-state index is 5.66. The Kier molecular flexibility index (Phi) is 2.82. The minimum absolute atomic E-state index is 0.366. The third kappa shape index (κ3) is 1.94. The van der Waals surface area contributed by atoms with Crippen LogP contribution in [0, 0.1) is 0 Å². The van der Waals surface area contributed by atoms with E-state index in [1.54, 1.807) is 11.3 Å². The van der Waals surface area contributed by atoms with Gasteiger partial charge in [-0.1, -0.05) is 18.2 Å². The zero-order valence-corrected chi connectivity index (χ0v) is 10.2. The van der Waals surface area contributed by atoms with Crippen molar-refractivity contribution in [3.8, 4) is 5.75 Å². The first-order valence-electron chi connectivity index (χ1n) is 5.75. The molecule has 1 aromatic heterocycles. The second-order valence-corrected chi connectivity index (χ2v) is 5.24. The molecule has 0 bridgehead atoms. The van der Waals surface area contributed by atoms with E-state index in [0.29, 0.717) is 12.5 Å². The highest BCUT2D eigenvalue weighted by Gasteiger charge is 2.24. The Bertz CT molecular complexity index is 524. The van der Waals surface area contributed by atoms with E-state index in [-0.39, 0.29) is 0 Å². The predicted octanol–water partition coefficient (Wildman–Crippen LogP) is 2.52. The molecule has 0 aliphatic carbocycles. The van der Waals surface area contributed by atoms with Crippen molar-refractivity contribution in [3.63, 3.8) is 0 Å². The van der Waals surface area contributed by atoms with E-state index in [4.69, 9.17) is 10.5 Å². The number of aromatic nitrogens is 1. The van der Waals surface area contributed by atoms with E-state index in [0.717, 1.165) is 28.7 Å². The van der Waals surface area contributed by atoms with Crippen molar-refractivity contribution in [2.24, 2.45) is 5.73 Å². The van der Waals surface area contributed by atoms with E-state index < -0.39 is 0 Å². The van der Waals surface area contributed by atoms with Crippen molar-refractivity contribution in [1.29, 1.82) is 0 Å². The van der Waals surface area contributed by atoms with Gasteiger partial charge in [-0.15, -0.1) is 11.3 Å². The molecule has 2 N–H and O–H groups in total. The van der Waals surface area contributed by atoms with Crippen LogP contribution in [0.15, 0.2) is 30.5 Å². The minimum Gasteiger partial charge on any atom is -0.493 e. The van der Waals surface area contributed by atoms with Gasteiger partial charge in [-0.3, -0.25) is 0 Å². The van der Waals surface area contributed by atoms with Gasteiger partial charge in [-0.2, -0.15) is 0 Å². The summed E-state index contributed by atoms with van der Waals surface area (Å²) in [6.45, 7) is 1.34. The molecule has 17 heavy (non-hydrogen) atoms. The van der Waals surface area contributed by atoms with E-state index in [1.165, 1.54) is 5.56 Å². The molecule has 0 saturated heterocycles. The molecule has 1 aliphatic rings. The molecule has 1 aromatic carbocycles. The summed E-state index contributed by atoms with van der Waals surface area (Å²) < 4.78 is 5.66. The monoisotopic (exact) mass is 246 g/mol. The SMILES string of the molecule is NCc1cnc(C2CCOc3ccccc32)s1. The van der Waals surface area contributed by atoms with Gasteiger partial charge in [0.1, 0.15) is 10.8 Å². The summed E-state index contributed by atoms with van der Waals surface area (Å²) in [5.74, 6) is 1.36. The van der Waals surface area contributed by atoms with Crippen LogP contribution in [0.4, 0.5) is 0 Å². The first-order chi connectivity index (χ1) is 8.38. The Morgan fingerprint density at radius 3 is 3.12 bits per heavy atom. The Labute approximate surface area is 104 Å². The van der Waals surface area contributed by atoms with Crippen molar-refractivity contribution in [1.82, 2.24) is 4.98 Å². The molecule has 3 rings (SSSR count). The topological polar surface area (TPSA) is 48.1 Å². The Balaban J connectivity index is 1.99. The minimum atomic E-state index is 0.366. The summed E-state index contributed by atoms with van der Waals surface area (Å²) in [5, 5.41) is 1.15. The van der Waals surface area contributed by atoms with Gasteiger partial charge in [0.25, 0.3) is 0 Å². The molecule has 1 atom stereocenters. The van der Waals surface area contributed by atoms with Crippen molar-refractivity contribution in [2.45, 2.75) is 18.9 Å². The summed E-state index contributed by atoms with van der Waals surface area (Å²) >= 11 is 1.71. The van der Waals surface area contributed by atoms with Crippen LogP contribution in [0.2, 0.25) is 0 Å². The molecule has 0 fully saturated rings. The summed E-state index contributed by atoms with van der Waals surface area (Å²) in [6.07, 6.45) is 2.88. The molecule has 0 amide bonds.